The zero-order valence-corrected chi connectivity index (χ0v) is 8.60. The predicted molar refractivity (Wildman–Crippen MR) is 57.9 cm³/mol. The number of benzene rings is 1. The molecule has 1 heterocycles. The summed E-state index contributed by atoms with van der Waals surface area (Å²) >= 11 is 0. The molecule has 1 aliphatic rings. The SMILES string of the molecule is CC1(c2ccc(O)cc2)COCC(N)=N1. The number of nitrogens with zero attached hydrogens (tertiary/aromatic N) is 1. The van der Waals surface area contributed by atoms with Crippen molar-refractivity contribution in [2.75, 3.05) is 13.2 Å². The van der Waals surface area contributed by atoms with E-state index in [0.29, 0.717) is 19.0 Å². The van der Waals surface area contributed by atoms with E-state index >= 15 is 0 Å². The van der Waals surface area contributed by atoms with Gasteiger partial charge in [0.1, 0.15) is 23.7 Å². The minimum Gasteiger partial charge on any atom is -0.508 e. The molecular weight excluding hydrogens is 192 g/mol. The summed E-state index contributed by atoms with van der Waals surface area (Å²) in [5.74, 6) is 0.757. The van der Waals surface area contributed by atoms with Gasteiger partial charge in [0, 0.05) is 0 Å². The Morgan fingerprint density at radius 1 is 1.40 bits per heavy atom. The standard InChI is InChI=1S/C11H14N2O2/c1-11(7-15-6-10(12)13-11)8-2-4-9(14)5-3-8/h2-5,14H,6-7H2,1H3,(H2,12,13). The molecule has 0 aromatic heterocycles. The molecule has 15 heavy (non-hydrogen) atoms. The fraction of sp³-hybridized carbons (Fsp3) is 0.364. The summed E-state index contributed by atoms with van der Waals surface area (Å²) in [6, 6.07) is 6.95. The molecule has 1 aromatic carbocycles. The molecule has 4 nitrogen and oxygen atoms in total. The van der Waals surface area contributed by atoms with E-state index in [1.807, 2.05) is 19.1 Å². The van der Waals surface area contributed by atoms with Crippen LogP contribution in [0.15, 0.2) is 29.3 Å². The lowest BCUT2D eigenvalue weighted by Crippen LogP contribution is -2.37. The first-order chi connectivity index (χ1) is 7.10. The van der Waals surface area contributed by atoms with Crippen molar-refractivity contribution in [2.45, 2.75) is 12.5 Å². The second-order valence-electron chi connectivity index (χ2n) is 3.92. The highest BCUT2D eigenvalue weighted by Crippen LogP contribution is 2.29. The van der Waals surface area contributed by atoms with Crippen LogP contribution in [-0.4, -0.2) is 24.2 Å². The van der Waals surface area contributed by atoms with Crippen molar-refractivity contribution in [3.05, 3.63) is 29.8 Å². The van der Waals surface area contributed by atoms with Crippen molar-refractivity contribution in [3.63, 3.8) is 0 Å². The third-order valence-corrected chi connectivity index (χ3v) is 2.51. The molecular formula is C11H14N2O2. The van der Waals surface area contributed by atoms with Crippen LogP contribution < -0.4 is 5.73 Å². The highest BCUT2D eigenvalue weighted by Gasteiger charge is 2.29. The van der Waals surface area contributed by atoms with Crippen LogP contribution in [0.25, 0.3) is 0 Å². The third-order valence-electron chi connectivity index (χ3n) is 2.51. The second kappa shape index (κ2) is 3.55. The number of rotatable bonds is 1. The number of aromatic hydroxyl groups is 1. The average Bonchev–Trinajstić information content (AvgIpc) is 2.18. The van der Waals surface area contributed by atoms with Crippen LogP contribution in [-0.2, 0) is 10.3 Å². The topological polar surface area (TPSA) is 67.8 Å². The lowest BCUT2D eigenvalue weighted by atomic mass is 9.93. The maximum atomic E-state index is 9.20. The first-order valence-corrected chi connectivity index (χ1v) is 4.82. The lowest BCUT2D eigenvalue weighted by Gasteiger charge is -2.30. The van der Waals surface area contributed by atoms with Crippen LogP contribution in [0.4, 0.5) is 0 Å². The van der Waals surface area contributed by atoms with Gasteiger partial charge in [0.05, 0.1) is 6.61 Å². The molecule has 1 unspecified atom stereocenters. The van der Waals surface area contributed by atoms with Gasteiger partial charge in [0.2, 0.25) is 0 Å². The number of phenolic OH excluding ortho intramolecular Hbond substituents is 1. The van der Waals surface area contributed by atoms with E-state index in [-0.39, 0.29) is 5.75 Å². The third kappa shape index (κ3) is 1.94. The average molecular weight is 206 g/mol. The van der Waals surface area contributed by atoms with E-state index < -0.39 is 5.54 Å². The fourth-order valence-electron chi connectivity index (χ4n) is 1.70. The maximum Gasteiger partial charge on any atom is 0.121 e. The van der Waals surface area contributed by atoms with Crippen molar-refractivity contribution in [1.29, 1.82) is 0 Å². The van der Waals surface area contributed by atoms with E-state index in [9.17, 15) is 5.11 Å². The van der Waals surface area contributed by atoms with Gasteiger partial charge >= 0.3 is 0 Å². The smallest absolute Gasteiger partial charge is 0.121 e. The Kier molecular flexibility index (Phi) is 2.36. The Hall–Kier alpha value is -1.55. The molecule has 0 saturated heterocycles. The zero-order chi connectivity index (χ0) is 10.9. The van der Waals surface area contributed by atoms with E-state index in [1.165, 1.54) is 0 Å². The molecule has 4 heteroatoms. The van der Waals surface area contributed by atoms with Gasteiger partial charge in [-0.2, -0.15) is 0 Å². The van der Waals surface area contributed by atoms with Crippen LogP contribution in [0.3, 0.4) is 0 Å². The molecule has 0 bridgehead atoms. The second-order valence-corrected chi connectivity index (χ2v) is 3.92. The predicted octanol–water partition coefficient (Wildman–Crippen LogP) is 0.995. The summed E-state index contributed by atoms with van der Waals surface area (Å²) in [6.45, 7) is 2.87. The summed E-state index contributed by atoms with van der Waals surface area (Å²) in [5.41, 5.74) is 6.21. The number of aliphatic imine (C=N–C) groups is 1. The monoisotopic (exact) mass is 206 g/mol. The van der Waals surface area contributed by atoms with Crippen molar-refractivity contribution >= 4 is 5.84 Å². The van der Waals surface area contributed by atoms with E-state index in [4.69, 9.17) is 10.5 Å². The van der Waals surface area contributed by atoms with Gasteiger partial charge in [-0.1, -0.05) is 12.1 Å². The highest BCUT2D eigenvalue weighted by atomic mass is 16.5. The number of hydrogen-bond acceptors (Lipinski definition) is 4. The van der Waals surface area contributed by atoms with Crippen LogP contribution in [0.2, 0.25) is 0 Å². The summed E-state index contributed by atoms with van der Waals surface area (Å²) in [5, 5.41) is 9.20. The minimum absolute atomic E-state index is 0.246. The van der Waals surface area contributed by atoms with Gasteiger partial charge < -0.3 is 15.6 Å². The molecule has 0 radical (unpaired) electrons. The molecule has 0 spiro atoms. The van der Waals surface area contributed by atoms with Crippen LogP contribution in [0.1, 0.15) is 12.5 Å². The Bertz CT molecular complexity index is 386. The van der Waals surface area contributed by atoms with Gasteiger partial charge in [0.15, 0.2) is 0 Å². The van der Waals surface area contributed by atoms with Gasteiger partial charge in [-0.15, -0.1) is 0 Å². The van der Waals surface area contributed by atoms with Gasteiger partial charge in [0.25, 0.3) is 0 Å². The number of ether oxygens (including phenoxy) is 1. The maximum absolute atomic E-state index is 9.20. The number of phenols is 1. The number of hydrogen-bond donors (Lipinski definition) is 2. The Morgan fingerprint density at radius 3 is 2.67 bits per heavy atom. The lowest BCUT2D eigenvalue weighted by molar-refractivity contribution is 0.106. The molecule has 3 N–H and O–H groups in total. The van der Waals surface area contributed by atoms with Crippen molar-refractivity contribution in [3.8, 4) is 5.75 Å². The van der Waals surface area contributed by atoms with E-state index in [0.717, 1.165) is 5.56 Å². The Balaban J connectivity index is 2.36. The molecule has 0 saturated carbocycles. The highest BCUT2D eigenvalue weighted by molar-refractivity contribution is 5.82. The summed E-state index contributed by atoms with van der Waals surface area (Å²) in [7, 11) is 0. The quantitative estimate of drug-likeness (QED) is 0.720. The zero-order valence-electron chi connectivity index (χ0n) is 8.60. The van der Waals surface area contributed by atoms with Crippen LogP contribution in [0, 0.1) is 0 Å². The van der Waals surface area contributed by atoms with E-state index in [1.54, 1.807) is 12.1 Å². The Morgan fingerprint density at radius 2 is 2.07 bits per heavy atom. The van der Waals surface area contributed by atoms with Gasteiger partial charge in [-0.05, 0) is 24.6 Å². The molecule has 0 fully saturated rings. The largest absolute Gasteiger partial charge is 0.508 e. The molecule has 0 aliphatic carbocycles. The number of nitrogens with two attached hydrogens (primary N) is 1. The van der Waals surface area contributed by atoms with Crippen LogP contribution >= 0.6 is 0 Å². The fourth-order valence-corrected chi connectivity index (χ4v) is 1.70. The molecule has 1 atom stereocenters. The molecule has 1 aliphatic heterocycles. The van der Waals surface area contributed by atoms with Crippen molar-refractivity contribution in [1.82, 2.24) is 0 Å². The van der Waals surface area contributed by atoms with Crippen molar-refractivity contribution in [2.24, 2.45) is 10.7 Å². The molecule has 2 rings (SSSR count). The van der Waals surface area contributed by atoms with Gasteiger partial charge in [-0.25, -0.2) is 0 Å². The Labute approximate surface area is 88.4 Å². The minimum atomic E-state index is -0.434. The molecule has 1 aromatic rings. The van der Waals surface area contributed by atoms with Crippen molar-refractivity contribution < 1.29 is 9.84 Å². The van der Waals surface area contributed by atoms with Gasteiger partial charge in [-0.3, -0.25) is 4.99 Å². The van der Waals surface area contributed by atoms with Crippen LogP contribution in [0.5, 0.6) is 5.75 Å². The molecule has 80 valence electrons. The number of amidine groups is 1. The summed E-state index contributed by atoms with van der Waals surface area (Å²) in [6.07, 6.45) is 0. The molecule has 0 amide bonds. The first kappa shape index (κ1) is 9.98. The van der Waals surface area contributed by atoms with E-state index in [2.05, 4.69) is 4.99 Å². The summed E-state index contributed by atoms with van der Waals surface area (Å²) in [4.78, 5) is 4.40. The normalized spacial score (nSPS) is 26.1. The summed E-state index contributed by atoms with van der Waals surface area (Å²) < 4.78 is 5.36. The first-order valence-electron chi connectivity index (χ1n) is 4.82.